The maximum absolute atomic E-state index is 14.2. The molecule has 2 aliphatic heterocycles. The van der Waals surface area contributed by atoms with E-state index < -0.39 is 0 Å². The fourth-order valence-corrected chi connectivity index (χ4v) is 5.43. The number of benzene rings is 3. The number of amides is 2. The highest BCUT2D eigenvalue weighted by Gasteiger charge is 2.49. The molecule has 6 heteroatoms. The summed E-state index contributed by atoms with van der Waals surface area (Å²) in [5.74, 6) is -0.122. The van der Waals surface area contributed by atoms with Crippen molar-refractivity contribution in [1.82, 2.24) is 9.80 Å². The molecule has 2 heterocycles. The molecule has 0 saturated carbocycles. The van der Waals surface area contributed by atoms with Gasteiger partial charge < -0.3 is 15.3 Å². The van der Waals surface area contributed by atoms with Crippen LogP contribution in [0.2, 0.25) is 0 Å². The van der Waals surface area contributed by atoms with Crippen LogP contribution in [0.1, 0.15) is 24.3 Å². The Morgan fingerprint density at radius 1 is 0.941 bits per heavy atom. The van der Waals surface area contributed by atoms with Crippen molar-refractivity contribution in [3.8, 4) is 11.1 Å². The Hall–Kier alpha value is -3.22. The number of anilines is 1. The standard InChI is InChI=1S/C28H30FN3O2/c29-24-11-5-4-10-23(24)20-12-14-21(15-13-20)27-25-18-31(16-6-7-17-32(25)26(27)19-33)28(34)30-22-8-2-1-3-9-22/h1-5,8-15,25-27,33H,6-7,16-19H2,(H,30,34)/t25-,26+,27+/m1/s1. The van der Waals surface area contributed by atoms with Gasteiger partial charge in [-0.3, -0.25) is 4.90 Å². The number of halogens is 1. The minimum absolute atomic E-state index is 0.0291. The molecule has 2 aliphatic rings. The van der Waals surface area contributed by atoms with Crippen LogP contribution in [0.5, 0.6) is 0 Å². The van der Waals surface area contributed by atoms with Crippen LogP contribution >= 0.6 is 0 Å². The highest BCUT2D eigenvalue weighted by molar-refractivity contribution is 5.89. The normalized spacial score (nSPS) is 22.8. The largest absolute Gasteiger partial charge is 0.395 e. The Labute approximate surface area is 199 Å². The van der Waals surface area contributed by atoms with Gasteiger partial charge in [0.25, 0.3) is 0 Å². The Balaban J connectivity index is 1.36. The van der Waals surface area contributed by atoms with Crippen LogP contribution in [0, 0.1) is 5.82 Å². The Kier molecular flexibility index (Phi) is 6.61. The van der Waals surface area contributed by atoms with Crippen LogP contribution < -0.4 is 5.32 Å². The van der Waals surface area contributed by atoms with Crippen LogP contribution in [0.25, 0.3) is 11.1 Å². The summed E-state index contributed by atoms with van der Waals surface area (Å²) >= 11 is 0. The van der Waals surface area contributed by atoms with E-state index in [1.165, 1.54) is 6.07 Å². The summed E-state index contributed by atoms with van der Waals surface area (Å²) in [4.78, 5) is 17.3. The molecule has 0 radical (unpaired) electrons. The number of aliphatic hydroxyl groups is 1. The Morgan fingerprint density at radius 3 is 2.38 bits per heavy atom. The second-order valence-corrected chi connectivity index (χ2v) is 9.13. The van der Waals surface area contributed by atoms with Crippen molar-refractivity contribution >= 4 is 11.7 Å². The van der Waals surface area contributed by atoms with Crippen molar-refractivity contribution in [3.63, 3.8) is 0 Å². The molecular weight excluding hydrogens is 429 g/mol. The molecule has 0 aromatic heterocycles. The number of rotatable bonds is 4. The van der Waals surface area contributed by atoms with E-state index >= 15 is 0 Å². The molecular formula is C28H30FN3O2. The maximum atomic E-state index is 14.2. The molecule has 3 atom stereocenters. The van der Waals surface area contributed by atoms with Crippen LogP contribution in [-0.2, 0) is 0 Å². The second kappa shape index (κ2) is 9.95. The van der Waals surface area contributed by atoms with E-state index in [1.807, 2.05) is 65.6 Å². The van der Waals surface area contributed by atoms with E-state index in [2.05, 4.69) is 10.2 Å². The third kappa shape index (κ3) is 4.43. The zero-order valence-electron chi connectivity index (χ0n) is 19.1. The van der Waals surface area contributed by atoms with Gasteiger partial charge in [-0.2, -0.15) is 0 Å². The molecule has 5 rings (SSSR count). The van der Waals surface area contributed by atoms with Crippen molar-refractivity contribution in [1.29, 1.82) is 0 Å². The summed E-state index contributed by atoms with van der Waals surface area (Å²) in [6.07, 6.45) is 1.92. The van der Waals surface area contributed by atoms with Gasteiger partial charge in [-0.05, 0) is 48.7 Å². The van der Waals surface area contributed by atoms with Gasteiger partial charge in [0.05, 0.1) is 6.61 Å². The van der Waals surface area contributed by atoms with Gasteiger partial charge in [-0.25, -0.2) is 9.18 Å². The zero-order chi connectivity index (χ0) is 23.5. The highest BCUT2D eigenvalue weighted by atomic mass is 19.1. The van der Waals surface area contributed by atoms with Gasteiger partial charge in [0.2, 0.25) is 0 Å². The first-order chi connectivity index (χ1) is 16.7. The number of para-hydroxylation sites is 1. The molecule has 2 N–H and O–H groups in total. The summed E-state index contributed by atoms with van der Waals surface area (Å²) in [5, 5.41) is 13.2. The first-order valence-electron chi connectivity index (χ1n) is 12.0. The third-order valence-electron chi connectivity index (χ3n) is 7.16. The van der Waals surface area contributed by atoms with Crippen LogP contribution in [0.3, 0.4) is 0 Å². The number of hydrogen-bond donors (Lipinski definition) is 2. The Bertz CT molecular complexity index is 1120. The topological polar surface area (TPSA) is 55.8 Å². The van der Waals surface area contributed by atoms with E-state index in [-0.39, 0.29) is 36.5 Å². The van der Waals surface area contributed by atoms with Crippen molar-refractivity contribution in [2.24, 2.45) is 0 Å². The van der Waals surface area contributed by atoms with Crippen molar-refractivity contribution in [3.05, 3.63) is 90.2 Å². The Morgan fingerprint density at radius 2 is 1.65 bits per heavy atom. The number of carbonyl (C=O) groups excluding carboxylic acids is 1. The van der Waals surface area contributed by atoms with E-state index in [0.717, 1.165) is 36.2 Å². The lowest BCUT2D eigenvalue weighted by molar-refractivity contribution is -0.0585. The van der Waals surface area contributed by atoms with Gasteiger partial charge in [-0.15, -0.1) is 0 Å². The van der Waals surface area contributed by atoms with E-state index in [0.29, 0.717) is 18.7 Å². The van der Waals surface area contributed by atoms with Gasteiger partial charge in [0.1, 0.15) is 5.82 Å². The second-order valence-electron chi connectivity index (χ2n) is 9.13. The van der Waals surface area contributed by atoms with Gasteiger partial charge in [0, 0.05) is 42.3 Å². The molecule has 3 aromatic carbocycles. The molecule has 2 fully saturated rings. The van der Waals surface area contributed by atoms with E-state index in [4.69, 9.17) is 0 Å². The number of hydrogen-bond acceptors (Lipinski definition) is 3. The summed E-state index contributed by atoms with van der Waals surface area (Å²) in [5.41, 5.74) is 3.32. The molecule has 176 valence electrons. The number of aliphatic hydroxyl groups excluding tert-OH is 1. The fraction of sp³-hybridized carbons (Fsp3) is 0.321. The summed E-state index contributed by atoms with van der Waals surface area (Å²) in [6, 6.07) is 24.4. The number of nitrogens with one attached hydrogen (secondary N) is 1. The summed E-state index contributed by atoms with van der Waals surface area (Å²) < 4.78 is 14.2. The van der Waals surface area contributed by atoms with E-state index in [9.17, 15) is 14.3 Å². The minimum Gasteiger partial charge on any atom is -0.395 e. The lowest BCUT2D eigenvalue weighted by Crippen LogP contribution is -2.68. The number of fused-ring (bicyclic) bond motifs is 1. The molecule has 5 nitrogen and oxygen atoms in total. The summed E-state index contributed by atoms with van der Waals surface area (Å²) in [7, 11) is 0. The molecule has 0 spiro atoms. The monoisotopic (exact) mass is 459 g/mol. The smallest absolute Gasteiger partial charge is 0.321 e. The lowest BCUT2D eigenvalue weighted by Gasteiger charge is -2.57. The lowest BCUT2D eigenvalue weighted by atomic mass is 9.74. The molecule has 2 saturated heterocycles. The number of urea groups is 1. The first-order valence-corrected chi connectivity index (χ1v) is 12.0. The number of carbonyl (C=O) groups is 1. The van der Waals surface area contributed by atoms with Crippen molar-refractivity contribution < 1.29 is 14.3 Å². The molecule has 0 aliphatic carbocycles. The molecule has 34 heavy (non-hydrogen) atoms. The van der Waals surface area contributed by atoms with Crippen molar-refractivity contribution in [2.75, 3.05) is 31.6 Å². The molecule has 0 bridgehead atoms. The number of nitrogens with zero attached hydrogens (tertiary/aromatic N) is 2. The van der Waals surface area contributed by atoms with Crippen molar-refractivity contribution in [2.45, 2.75) is 30.8 Å². The minimum atomic E-state index is -0.238. The maximum Gasteiger partial charge on any atom is 0.321 e. The van der Waals surface area contributed by atoms with Gasteiger partial charge in [-0.1, -0.05) is 60.7 Å². The predicted octanol–water partition coefficient (Wildman–Crippen LogP) is 4.95. The quantitative estimate of drug-likeness (QED) is 0.581. The van der Waals surface area contributed by atoms with Gasteiger partial charge in [0.15, 0.2) is 0 Å². The highest BCUT2D eigenvalue weighted by Crippen LogP contribution is 2.42. The summed E-state index contributed by atoms with van der Waals surface area (Å²) in [6.45, 7) is 2.32. The van der Waals surface area contributed by atoms with Crippen LogP contribution in [0.4, 0.5) is 14.9 Å². The first kappa shape index (κ1) is 22.6. The zero-order valence-corrected chi connectivity index (χ0v) is 19.1. The molecule has 0 unspecified atom stereocenters. The SMILES string of the molecule is O=C(Nc1ccccc1)N1CCCCN2[C@H](C1)[C@H](c1ccc(-c3ccccc3F)cc1)[C@@H]2CO. The van der Waals surface area contributed by atoms with Gasteiger partial charge >= 0.3 is 6.03 Å². The average molecular weight is 460 g/mol. The average Bonchev–Trinajstić information content (AvgIpc) is 2.84. The van der Waals surface area contributed by atoms with Crippen LogP contribution in [0.15, 0.2) is 78.9 Å². The van der Waals surface area contributed by atoms with Crippen LogP contribution in [-0.4, -0.2) is 59.3 Å². The molecule has 2 amide bonds. The fourth-order valence-electron chi connectivity index (χ4n) is 5.43. The third-order valence-corrected chi connectivity index (χ3v) is 7.16. The van der Waals surface area contributed by atoms with E-state index in [1.54, 1.807) is 12.1 Å². The predicted molar refractivity (Wildman–Crippen MR) is 132 cm³/mol. The molecule has 3 aromatic rings.